The maximum absolute atomic E-state index is 5.64. The fourth-order valence-electron chi connectivity index (χ4n) is 2.40. The van der Waals surface area contributed by atoms with Crippen LogP contribution in [0, 0.1) is 13.8 Å². The largest absolute Gasteiger partial charge is 0.465 e. The molecule has 2 heterocycles. The molecule has 0 aromatic carbocycles. The van der Waals surface area contributed by atoms with E-state index in [-0.39, 0.29) is 0 Å². The maximum Gasteiger partial charge on any atom is 0.118 e. The van der Waals surface area contributed by atoms with E-state index in [9.17, 15) is 0 Å². The Hall–Kier alpha value is -1.10. The maximum atomic E-state index is 5.64. The van der Waals surface area contributed by atoms with Gasteiger partial charge in [-0.2, -0.15) is 0 Å². The summed E-state index contributed by atoms with van der Waals surface area (Å²) >= 11 is 1.90. The number of aryl methyl sites for hydroxylation is 2. The fraction of sp³-hybridized carbons (Fsp3) is 0.529. The molecule has 0 aliphatic rings. The van der Waals surface area contributed by atoms with Gasteiger partial charge in [0.1, 0.15) is 11.5 Å². The van der Waals surface area contributed by atoms with Crippen LogP contribution in [0.3, 0.4) is 0 Å². The van der Waals surface area contributed by atoms with Crippen molar-refractivity contribution in [1.29, 1.82) is 0 Å². The first-order valence-electron chi connectivity index (χ1n) is 7.61. The Morgan fingerprint density at radius 2 is 2.05 bits per heavy atom. The van der Waals surface area contributed by atoms with E-state index in [4.69, 9.17) is 4.42 Å². The fourth-order valence-corrected chi connectivity index (χ4v) is 3.43. The van der Waals surface area contributed by atoms with Gasteiger partial charge in [0.2, 0.25) is 0 Å². The molecule has 0 aliphatic carbocycles. The molecule has 0 amide bonds. The van der Waals surface area contributed by atoms with Gasteiger partial charge in [-0.05, 0) is 57.6 Å². The van der Waals surface area contributed by atoms with Gasteiger partial charge in [0.05, 0.1) is 6.54 Å². The Labute approximate surface area is 132 Å². The summed E-state index contributed by atoms with van der Waals surface area (Å²) in [6.45, 7) is 10.3. The van der Waals surface area contributed by atoms with Gasteiger partial charge in [0.25, 0.3) is 0 Å². The normalized spacial score (nSPS) is 11.5. The Balaban J connectivity index is 1.89. The molecule has 0 fully saturated rings. The lowest BCUT2D eigenvalue weighted by atomic mass is 10.2. The molecule has 2 aromatic heterocycles. The topological polar surface area (TPSA) is 28.4 Å². The van der Waals surface area contributed by atoms with Crippen molar-refractivity contribution in [2.45, 2.75) is 46.8 Å². The SMILES string of the molecule is CCCNCc1cc(CN(C)Cc2ccc(C)o2)c(C)s1. The molecule has 1 N–H and O–H groups in total. The van der Waals surface area contributed by atoms with E-state index in [0.717, 1.165) is 37.7 Å². The predicted molar refractivity (Wildman–Crippen MR) is 89.7 cm³/mol. The summed E-state index contributed by atoms with van der Waals surface area (Å²) in [4.78, 5) is 5.15. The van der Waals surface area contributed by atoms with Crippen molar-refractivity contribution in [3.63, 3.8) is 0 Å². The van der Waals surface area contributed by atoms with Crippen LogP contribution in [0.2, 0.25) is 0 Å². The second-order valence-electron chi connectivity index (χ2n) is 5.66. The Morgan fingerprint density at radius 1 is 1.24 bits per heavy atom. The van der Waals surface area contributed by atoms with Gasteiger partial charge < -0.3 is 9.73 Å². The highest BCUT2D eigenvalue weighted by molar-refractivity contribution is 7.12. The van der Waals surface area contributed by atoms with E-state index >= 15 is 0 Å². The van der Waals surface area contributed by atoms with Crippen LogP contribution in [0.1, 0.15) is 40.2 Å². The van der Waals surface area contributed by atoms with E-state index in [0.29, 0.717) is 0 Å². The quantitative estimate of drug-likeness (QED) is 0.745. The smallest absolute Gasteiger partial charge is 0.118 e. The molecule has 4 heteroatoms. The van der Waals surface area contributed by atoms with Gasteiger partial charge >= 0.3 is 0 Å². The summed E-state index contributed by atoms with van der Waals surface area (Å²) in [5.41, 5.74) is 1.43. The standard InChI is InChI=1S/C17H26N2OS/c1-5-8-18-10-17-9-15(14(3)21-17)11-19(4)12-16-7-6-13(2)20-16/h6-7,9,18H,5,8,10-12H2,1-4H3. The van der Waals surface area contributed by atoms with Crippen molar-refractivity contribution in [2.24, 2.45) is 0 Å². The van der Waals surface area contributed by atoms with Crippen molar-refractivity contribution in [3.05, 3.63) is 45.0 Å². The lowest BCUT2D eigenvalue weighted by molar-refractivity contribution is 0.285. The van der Waals surface area contributed by atoms with Crippen molar-refractivity contribution in [3.8, 4) is 0 Å². The molecule has 0 unspecified atom stereocenters. The van der Waals surface area contributed by atoms with Gasteiger partial charge in [-0.15, -0.1) is 11.3 Å². The molecular formula is C17H26N2OS. The first-order valence-corrected chi connectivity index (χ1v) is 8.43. The van der Waals surface area contributed by atoms with E-state index in [2.05, 4.69) is 43.2 Å². The summed E-state index contributed by atoms with van der Waals surface area (Å²) in [5.74, 6) is 2.02. The van der Waals surface area contributed by atoms with Crippen molar-refractivity contribution in [2.75, 3.05) is 13.6 Å². The van der Waals surface area contributed by atoms with Crippen molar-refractivity contribution >= 4 is 11.3 Å². The molecule has 2 aromatic rings. The van der Waals surface area contributed by atoms with Crippen LogP contribution in [0.5, 0.6) is 0 Å². The summed E-state index contributed by atoms with van der Waals surface area (Å²) in [5, 5.41) is 3.47. The number of rotatable bonds is 8. The van der Waals surface area contributed by atoms with Crippen LogP contribution in [0.25, 0.3) is 0 Å². The third kappa shape index (κ3) is 4.99. The molecule has 0 saturated heterocycles. The van der Waals surface area contributed by atoms with Gasteiger partial charge in [-0.25, -0.2) is 0 Å². The zero-order chi connectivity index (χ0) is 15.2. The molecule has 0 spiro atoms. The third-order valence-electron chi connectivity index (χ3n) is 3.46. The summed E-state index contributed by atoms with van der Waals surface area (Å²) in [6, 6.07) is 6.43. The molecule has 0 bridgehead atoms. The van der Waals surface area contributed by atoms with Gasteiger partial charge in [-0.3, -0.25) is 4.90 Å². The van der Waals surface area contributed by atoms with E-state index in [1.165, 1.54) is 21.7 Å². The van der Waals surface area contributed by atoms with Crippen LogP contribution < -0.4 is 5.32 Å². The monoisotopic (exact) mass is 306 g/mol. The number of hydrogen-bond acceptors (Lipinski definition) is 4. The minimum atomic E-state index is 0.854. The van der Waals surface area contributed by atoms with Gasteiger partial charge in [0.15, 0.2) is 0 Å². The molecule has 0 atom stereocenters. The molecule has 2 rings (SSSR count). The molecule has 3 nitrogen and oxygen atoms in total. The number of nitrogens with zero attached hydrogens (tertiary/aromatic N) is 1. The van der Waals surface area contributed by atoms with Gasteiger partial charge in [0, 0.05) is 22.8 Å². The Morgan fingerprint density at radius 3 is 2.71 bits per heavy atom. The summed E-state index contributed by atoms with van der Waals surface area (Å²) in [6.07, 6.45) is 1.18. The van der Waals surface area contributed by atoms with Gasteiger partial charge in [-0.1, -0.05) is 6.92 Å². The minimum Gasteiger partial charge on any atom is -0.465 e. The summed E-state index contributed by atoms with van der Waals surface area (Å²) < 4.78 is 5.64. The molecule has 0 aliphatic heterocycles. The van der Waals surface area contributed by atoms with Crippen molar-refractivity contribution in [1.82, 2.24) is 10.2 Å². The lowest BCUT2D eigenvalue weighted by Crippen LogP contribution is -2.17. The first-order chi connectivity index (χ1) is 10.1. The Bertz CT molecular complexity index is 559. The number of furan rings is 1. The van der Waals surface area contributed by atoms with Crippen LogP contribution in [0.4, 0.5) is 0 Å². The number of nitrogens with one attached hydrogen (secondary N) is 1. The zero-order valence-electron chi connectivity index (χ0n) is 13.5. The Kier molecular flexibility index (Phi) is 6.03. The molecule has 116 valence electrons. The summed E-state index contributed by atoms with van der Waals surface area (Å²) in [7, 11) is 2.14. The van der Waals surface area contributed by atoms with Crippen LogP contribution in [-0.2, 0) is 19.6 Å². The molecule has 21 heavy (non-hydrogen) atoms. The van der Waals surface area contributed by atoms with Crippen molar-refractivity contribution < 1.29 is 4.42 Å². The van der Waals surface area contributed by atoms with Crippen LogP contribution in [-0.4, -0.2) is 18.5 Å². The van der Waals surface area contributed by atoms with E-state index < -0.39 is 0 Å². The first kappa shape index (κ1) is 16.3. The highest BCUT2D eigenvalue weighted by Gasteiger charge is 2.10. The second kappa shape index (κ2) is 7.78. The average molecular weight is 306 g/mol. The van der Waals surface area contributed by atoms with E-state index in [1.54, 1.807) is 0 Å². The second-order valence-corrected chi connectivity index (χ2v) is 7.00. The number of thiophene rings is 1. The van der Waals surface area contributed by atoms with Crippen LogP contribution in [0.15, 0.2) is 22.6 Å². The predicted octanol–water partition coefficient (Wildman–Crippen LogP) is 4.09. The van der Waals surface area contributed by atoms with E-state index in [1.807, 2.05) is 24.3 Å². The molecule has 0 saturated carbocycles. The zero-order valence-corrected chi connectivity index (χ0v) is 14.3. The molecular weight excluding hydrogens is 280 g/mol. The highest BCUT2D eigenvalue weighted by atomic mass is 32.1. The lowest BCUT2D eigenvalue weighted by Gasteiger charge is -2.14. The highest BCUT2D eigenvalue weighted by Crippen LogP contribution is 2.23. The minimum absolute atomic E-state index is 0.854. The number of hydrogen-bond donors (Lipinski definition) is 1. The third-order valence-corrected chi connectivity index (χ3v) is 4.55. The average Bonchev–Trinajstić information content (AvgIpc) is 2.97. The van der Waals surface area contributed by atoms with Crippen LogP contribution >= 0.6 is 11.3 Å². The molecule has 0 radical (unpaired) electrons.